The van der Waals surface area contributed by atoms with E-state index in [0.29, 0.717) is 0 Å². The minimum Gasteiger partial charge on any atom is -0.459 e. The third kappa shape index (κ3) is 7.82. The zero-order valence-corrected chi connectivity index (χ0v) is 9.39. The van der Waals surface area contributed by atoms with Gasteiger partial charge < -0.3 is 16.2 Å². The molecule has 14 heavy (non-hydrogen) atoms. The number of hydrogen-bond acceptors (Lipinski definition) is 4. The lowest BCUT2D eigenvalue weighted by Gasteiger charge is -2.21. The standard InChI is InChI=1S/C8H16N2O3.ClH/c1-8(2,3)13-7(12)5(9)4-6(10)11;/h5H,4,9H2,1-3H3,(H2,10,11);1H/t5-;/m1./s1. The zero-order chi connectivity index (χ0) is 10.6. The lowest BCUT2D eigenvalue weighted by molar-refractivity contribution is -0.157. The number of amides is 1. The van der Waals surface area contributed by atoms with Gasteiger partial charge in [-0.2, -0.15) is 0 Å². The Labute approximate surface area is 89.6 Å². The fourth-order valence-corrected chi connectivity index (χ4v) is 0.678. The molecule has 5 nitrogen and oxygen atoms in total. The van der Waals surface area contributed by atoms with Gasteiger partial charge in [-0.3, -0.25) is 9.59 Å². The summed E-state index contributed by atoms with van der Waals surface area (Å²) in [6, 6.07) is -0.961. The van der Waals surface area contributed by atoms with Crippen LogP contribution >= 0.6 is 12.4 Å². The van der Waals surface area contributed by atoms with Gasteiger partial charge in [-0.05, 0) is 20.8 Å². The predicted octanol–water partition coefficient (Wildman–Crippen LogP) is -0.0474. The predicted molar refractivity (Wildman–Crippen MR) is 54.9 cm³/mol. The number of carbonyl (C=O) groups excluding carboxylic acids is 2. The van der Waals surface area contributed by atoms with Gasteiger partial charge in [0.2, 0.25) is 5.91 Å². The average molecular weight is 225 g/mol. The van der Waals surface area contributed by atoms with Crippen LogP contribution in [0.15, 0.2) is 0 Å². The summed E-state index contributed by atoms with van der Waals surface area (Å²) in [6.45, 7) is 5.17. The molecular weight excluding hydrogens is 208 g/mol. The molecule has 84 valence electrons. The highest BCUT2D eigenvalue weighted by molar-refractivity contribution is 5.85. The van der Waals surface area contributed by atoms with Gasteiger partial charge >= 0.3 is 5.97 Å². The van der Waals surface area contributed by atoms with E-state index in [1.807, 2.05) is 0 Å². The normalized spacial score (nSPS) is 12.6. The molecule has 0 unspecified atom stereocenters. The molecule has 1 atom stereocenters. The molecule has 0 aliphatic heterocycles. The van der Waals surface area contributed by atoms with Crippen LogP contribution in [-0.2, 0) is 14.3 Å². The Bertz CT molecular complexity index is 213. The lowest BCUT2D eigenvalue weighted by Crippen LogP contribution is -2.40. The first-order chi connectivity index (χ1) is 5.72. The van der Waals surface area contributed by atoms with Gasteiger partial charge in [0.25, 0.3) is 0 Å². The van der Waals surface area contributed by atoms with Crippen LogP contribution in [0.1, 0.15) is 27.2 Å². The van der Waals surface area contributed by atoms with Crippen molar-refractivity contribution in [2.45, 2.75) is 38.8 Å². The second-order valence-corrected chi connectivity index (χ2v) is 3.81. The molecule has 0 aliphatic carbocycles. The monoisotopic (exact) mass is 224 g/mol. The summed E-state index contributed by atoms with van der Waals surface area (Å²) >= 11 is 0. The maximum absolute atomic E-state index is 11.1. The highest BCUT2D eigenvalue weighted by Gasteiger charge is 2.23. The first-order valence-electron chi connectivity index (χ1n) is 3.99. The number of ether oxygens (including phenoxy) is 1. The molecule has 0 saturated heterocycles. The molecule has 0 aromatic heterocycles. The Kier molecular flexibility index (Phi) is 6.51. The summed E-state index contributed by atoms with van der Waals surface area (Å²) in [5.74, 6) is -1.22. The van der Waals surface area contributed by atoms with Crippen molar-refractivity contribution in [2.24, 2.45) is 11.5 Å². The third-order valence-corrected chi connectivity index (χ3v) is 1.13. The van der Waals surface area contributed by atoms with E-state index in [4.69, 9.17) is 16.2 Å². The summed E-state index contributed by atoms with van der Waals surface area (Å²) < 4.78 is 4.93. The van der Waals surface area contributed by atoms with Crippen LogP contribution < -0.4 is 11.5 Å². The van der Waals surface area contributed by atoms with Crippen LogP contribution in [0.3, 0.4) is 0 Å². The fraction of sp³-hybridized carbons (Fsp3) is 0.750. The van der Waals surface area contributed by atoms with Crippen LogP contribution in [-0.4, -0.2) is 23.5 Å². The van der Waals surface area contributed by atoms with Gasteiger partial charge in [-0.15, -0.1) is 12.4 Å². The summed E-state index contributed by atoms with van der Waals surface area (Å²) in [6.07, 6.45) is -0.186. The molecule has 0 saturated carbocycles. The highest BCUT2D eigenvalue weighted by Crippen LogP contribution is 2.08. The molecule has 0 bridgehead atoms. The van der Waals surface area contributed by atoms with Gasteiger partial charge in [0, 0.05) is 0 Å². The summed E-state index contributed by atoms with van der Waals surface area (Å²) in [5.41, 5.74) is 9.63. The molecule has 1 amide bonds. The van der Waals surface area contributed by atoms with Crippen LogP contribution in [0, 0.1) is 0 Å². The number of primary amides is 1. The molecule has 0 spiro atoms. The second-order valence-electron chi connectivity index (χ2n) is 3.81. The van der Waals surface area contributed by atoms with Crippen molar-refractivity contribution in [1.82, 2.24) is 0 Å². The number of halogens is 1. The van der Waals surface area contributed by atoms with E-state index in [0.717, 1.165) is 0 Å². The topological polar surface area (TPSA) is 95.4 Å². The quantitative estimate of drug-likeness (QED) is 0.658. The van der Waals surface area contributed by atoms with Crippen molar-refractivity contribution in [3.63, 3.8) is 0 Å². The van der Waals surface area contributed by atoms with E-state index in [9.17, 15) is 9.59 Å². The van der Waals surface area contributed by atoms with E-state index in [-0.39, 0.29) is 18.8 Å². The smallest absolute Gasteiger partial charge is 0.323 e. The van der Waals surface area contributed by atoms with Crippen molar-refractivity contribution in [3.05, 3.63) is 0 Å². The zero-order valence-electron chi connectivity index (χ0n) is 8.57. The maximum Gasteiger partial charge on any atom is 0.323 e. The molecule has 0 rings (SSSR count). The molecule has 0 radical (unpaired) electrons. The van der Waals surface area contributed by atoms with Gasteiger partial charge in [0.05, 0.1) is 6.42 Å². The van der Waals surface area contributed by atoms with E-state index >= 15 is 0 Å². The molecule has 0 aromatic carbocycles. The number of hydrogen-bond donors (Lipinski definition) is 2. The average Bonchev–Trinajstić information content (AvgIpc) is 1.81. The number of nitrogens with two attached hydrogens (primary N) is 2. The molecule has 0 heterocycles. The Morgan fingerprint density at radius 1 is 1.36 bits per heavy atom. The second kappa shape index (κ2) is 5.82. The van der Waals surface area contributed by atoms with E-state index < -0.39 is 23.5 Å². The molecule has 0 fully saturated rings. The van der Waals surface area contributed by atoms with E-state index in [1.54, 1.807) is 20.8 Å². The Morgan fingerprint density at radius 2 is 1.79 bits per heavy atom. The number of rotatable bonds is 3. The largest absolute Gasteiger partial charge is 0.459 e. The van der Waals surface area contributed by atoms with Crippen molar-refractivity contribution in [2.75, 3.05) is 0 Å². The van der Waals surface area contributed by atoms with Crippen molar-refractivity contribution < 1.29 is 14.3 Å². The van der Waals surface area contributed by atoms with Crippen molar-refractivity contribution >= 4 is 24.3 Å². The molecule has 0 aliphatic rings. The van der Waals surface area contributed by atoms with Crippen molar-refractivity contribution in [1.29, 1.82) is 0 Å². The SMILES string of the molecule is CC(C)(C)OC(=O)[C@H](N)CC(N)=O.Cl. The molecule has 4 N–H and O–H groups in total. The number of carbonyl (C=O) groups is 2. The minimum absolute atomic E-state index is 0. The van der Waals surface area contributed by atoms with Crippen LogP contribution in [0.2, 0.25) is 0 Å². The van der Waals surface area contributed by atoms with E-state index in [2.05, 4.69) is 0 Å². The lowest BCUT2D eigenvalue weighted by atomic mass is 10.1. The number of esters is 1. The highest BCUT2D eigenvalue weighted by atomic mass is 35.5. The Balaban J connectivity index is 0. The first kappa shape index (κ1) is 15.7. The van der Waals surface area contributed by atoms with Crippen molar-refractivity contribution in [3.8, 4) is 0 Å². The van der Waals surface area contributed by atoms with Gasteiger partial charge in [-0.25, -0.2) is 0 Å². The van der Waals surface area contributed by atoms with E-state index in [1.165, 1.54) is 0 Å². The van der Waals surface area contributed by atoms with Crippen LogP contribution in [0.25, 0.3) is 0 Å². The summed E-state index contributed by atoms with van der Waals surface area (Å²) in [5, 5.41) is 0. The molecule has 0 aromatic rings. The molecule has 6 heteroatoms. The third-order valence-electron chi connectivity index (χ3n) is 1.13. The minimum atomic E-state index is -0.961. The fourth-order valence-electron chi connectivity index (χ4n) is 0.678. The van der Waals surface area contributed by atoms with Gasteiger partial charge in [-0.1, -0.05) is 0 Å². The molecular formula is C8H17ClN2O3. The Hall–Kier alpha value is -0.810. The maximum atomic E-state index is 11.1. The van der Waals surface area contributed by atoms with Gasteiger partial charge in [0.1, 0.15) is 11.6 Å². The van der Waals surface area contributed by atoms with Crippen LogP contribution in [0.5, 0.6) is 0 Å². The summed E-state index contributed by atoms with van der Waals surface area (Å²) in [7, 11) is 0. The van der Waals surface area contributed by atoms with Crippen LogP contribution in [0.4, 0.5) is 0 Å². The first-order valence-corrected chi connectivity index (χ1v) is 3.99. The Morgan fingerprint density at radius 3 is 2.07 bits per heavy atom. The van der Waals surface area contributed by atoms with Gasteiger partial charge in [0.15, 0.2) is 0 Å². The summed E-state index contributed by atoms with van der Waals surface area (Å²) in [4.78, 5) is 21.6.